The minimum absolute atomic E-state index is 0.0778. The van der Waals surface area contributed by atoms with Crippen molar-refractivity contribution in [3.8, 4) is 5.88 Å². The Balaban J connectivity index is 2.35. The van der Waals surface area contributed by atoms with Gasteiger partial charge in [0.05, 0.1) is 16.9 Å². The number of nitrogens with one attached hydrogen (secondary N) is 1. The summed E-state index contributed by atoms with van der Waals surface area (Å²) in [5, 5.41) is 0. The van der Waals surface area contributed by atoms with Gasteiger partial charge in [0.25, 0.3) is 10.0 Å². The van der Waals surface area contributed by atoms with Crippen LogP contribution in [0.5, 0.6) is 5.88 Å². The zero-order valence-electron chi connectivity index (χ0n) is 11.2. The van der Waals surface area contributed by atoms with Gasteiger partial charge in [-0.1, -0.05) is 0 Å². The van der Waals surface area contributed by atoms with Gasteiger partial charge >= 0.3 is 10.2 Å². The van der Waals surface area contributed by atoms with E-state index in [2.05, 4.69) is 9.71 Å². The molecule has 1 aromatic heterocycles. The van der Waals surface area contributed by atoms with Crippen molar-refractivity contribution in [2.24, 2.45) is 0 Å². The summed E-state index contributed by atoms with van der Waals surface area (Å²) in [6.45, 7) is 0. The van der Waals surface area contributed by atoms with Gasteiger partial charge in [-0.15, -0.1) is 3.89 Å². The molecule has 0 spiro atoms. The van der Waals surface area contributed by atoms with E-state index in [-0.39, 0.29) is 16.5 Å². The topological polar surface area (TPSA) is 102 Å². The second-order valence-electron chi connectivity index (χ2n) is 4.07. The van der Waals surface area contributed by atoms with Crippen LogP contribution in [0.15, 0.2) is 52.4 Å². The van der Waals surface area contributed by atoms with Crippen LogP contribution >= 0.6 is 0 Å². The van der Waals surface area contributed by atoms with Crippen LogP contribution in [-0.2, 0) is 20.2 Å². The van der Waals surface area contributed by atoms with Gasteiger partial charge in [-0.05, 0) is 36.4 Å². The number of rotatable bonds is 5. The highest BCUT2D eigenvalue weighted by molar-refractivity contribution is 7.92. The maximum atomic E-state index is 12.8. The first-order valence-corrected chi connectivity index (χ1v) is 8.67. The van der Waals surface area contributed by atoms with Gasteiger partial charge in [-0.25, -0.2) is 13.4 Å². The Morgan fingerprint density at radius 3 is 2.18 bits per heavy atom. The van der Waals surface area contributed by atoms with E-state index in [1.165, 1.54) is 25.4 Å². The van der Waals surface area contributed by atoms with Crippen LogP contribution in [0.2, 0.25) is 0 Å². The average molecular weight is 346 g/mol. The van der Waals surface area contributed by atoms with Gasteiger partial charge < -0.3 is 4.74 Å². The molecule has 0 aliphatic heterocycles. The Hall–Kier alpha value is -2.20. The maximum Gasteiger partial charge on any atom is 0.332 e. The molecule has 0 bridgehead atoms. The van der Waals surface area contributed by atoms with Crippen molar-refractivity contribution in [1.82, 2.24) is 4.98 Å². The van der Waals surface area contributed by atoms with E-state index in [0.29, 0.717) is 0 Å². The van der Waals surface area contributed by atoms with Crippen molar-refractivity contribution in [3.63, 3.8) is 0 Å². The minimum Gasteiger partial charge on any atom is -0.480 e. The molecule has 0 fully saturated rings. The molecule has 2 aromatic rings. The van der Waals surface area contributed by atoms with Gasteiger partial charge in [0.15, 0.2) is 0 Å². The van der Waals surface area contributed by atoms with E-state index in [0.717, 1.165) is 24.3 Å². The number of methoxy groups -OCH3 is 1. The lowest BCUT2D eigenvalue weighted by Crippen LogP contribution is -2.14. The molecule has 118 valence electrons. The number of nitrogens with zero attached hydrogens (tertiary/aromatic N) is 1. The number of pyridine rings is 1. The number of anilines is 1. The molecule has 0 aliphatic carbocycles. The SMILES string of the molecule is COc1ncccc1NS(=O)(=O)c1ccc(S(=O)(=O)F)cc1. The Morgan fingerprint density at radius 1 is 1.05 bits per heavy atom. The minimum atomic E-state index is -4.88. The molecule has 2 rings (SSSR count). The van der Waals surface area contributed by atoms with Crippen LogP contribution in [0.4, 0.5) is 9.57 Å². The molecular weight excluding hydrogens is 335 g/mol. The fraction of sp³-hybridized carbons (Fsp3) is 0.0833. The van der Waals surface area contributed by atoms with Gasteiger partial charge in [0.1, 0.15) is 5.69 Å². The number of benzene rings is 1. The smallest absolute Gasteiger partial charge is 0.332 e. The van der Waals surface area contributed by atoms with Crippen molar-refractivity contribution >= 4 is 25.9 Å². The number of halogens is 1. The second kappa shape index (κ2) is 5.89. The second-order valence-corrected chi connectivity index (χ2v) is 7.10. The summed E-state index contributed by atoms with van der Waals surface area (Å²) in [7, 11) is -7.54. The van der Waals surface area contributed by atoms with Crippen molar-refractivity contribution in [3.05, 3.63) is 42.6 Å². The first-order valence-electron chi connectivity index (χ1n) is 5.80. The van der Waals surface area contributed by atoms with E-state index < -0.39 is 25.1 Å². The average Bonchev–Trinajstić information content (AvgIpc) is 2.47. The zero-order valence-corrected chi connectivity index (χ0v) is 12.9. The summed E-state index contributed by atoms with van der Waals surface area (Å²) in [5.74, 6) is 0.0778. The molecule has 1 heterocycles. The lowest BCUT2D eigenvalue weighted by Gasteiger charge is -2.10. The normalized spacial score (nSPS) is 11.9. The molecule has 22 heavy (non-hydrogen) atoms. The van der Waals surface area contributed by atoms with Crippen LogP contribution < -0.4 is 9.46 Å². The molecule has 0 aliphatic rings. The first-order chi connectivity index (χ1) is 10.2. The van der Waals surface area contributed by atoms with Gasteiger partial charge in [0, 0.05) is 6.20 Å². The number of hydrogen-bond donors (Lipinski definition) is 1. The van der Waals surface area contributed by atoms with Crippen molar-refractivity contribution in [2.45, 2.75) is 9.79 Å². The third-order valence-corrected chi connectivity index (χ3v) is 4.84. The van der Waals surface area contributed by atoms with E-state index in [4.69, 9.17) is 4.74 Å². The summed E-state index contributed by atoms with van der Waals surface area (Å²) in [6, 6.07) is 6.66. The lowest BCUT2D eigenvalue weighted by molar-refractivity contribution is 0.400. The molecule has 0 unspecified atom stereocenters. The van der Waals surface area contributed by atoms with E-state index in [9.17, 15) is 20.7 Å². The summed E-state index contributed by atoms with van der Waals surface area (Å²) < 4.78 is 65.8. The third-order valence-electron chi connectivity index (χ3n) is 2.62. The van der Waals surface area contributed by atoms with Crippen LogP contribution in [0, 0.1) is 0 Å². The van der Waals surface area contributed by atoms with Crippen LogP contribution in [0.1, 0.15) is 0 Å². The van der Waals surface area contributed by atoms with Crippen molar-refractivity contribution in [2.75, 3.05) is 11.8 Å². The molecule has 1 aromatic carbocycles. The van der Waals surface area contributed by atoms with Crippen LogP contribution in [0.25, 0.3) is 0 Å². The fourth-order valence-corrected chi connectivity index (χ4v) is 3.13. The number of hydrogen-bond acceptors (Lipinski definition) is 6. The molecule has 0 atom stereocenters. The van der Waals surface area contributed by atoms with Gasteiger partial charge in [0.2, 0.25) is 5.88 Å². The van der Waals surface area contributed by atoms with E-state index in [1.807, 2.05) is 0 Å². The Labute approximate surface area is 127 Å². The largest absolute Gasteiger partial charge is 0.480 e. The lowest BCUT2D eigenvalue weighted by atomic mass is 10.4. The predicted octanol–water partition coefficient (Wildman–Crippen LogP) is 1.55. The highest BCUT2D eigenvalue weighted by atomic mass is 32.3. The van der Waals surface area contributed by atoms with Crippen LogP contribution in [-0.4, -0.2) is 28.9 Å². The molecule has 0 amide bonds. The quantitative estimate of drug-likeness (QED) is 0.824. The van der Waals surface area contributed by atoms with Crippen molar-refractivity contribution < 1.29 is 25.5 Å². The summed E-state index contributed by atoms with van der Waals surface area (Å²) >= 11 is 0. The summed E-state index contributed by atoms with van der Waals surface area (Å²) in [5.41, 5.74) is 0.118. The molecule has 1 N–H and O–H groups in total. The van der Waals surface area contributed by atoms with Crippen LogP contribution in [0.3, 0.4) is 0 Å². The highest BCUT2D eigenvalue weighted by Crippen LogP contribution is 2.24. The molecule has 10 heteroatoms. The number of aromatic nitrogens is 1. The highest BCUT2D eigenvalue weighted by Gasteiger charge is 2.19. The number of sulfonamides is 1. The molecule has 0 saturated heterocycles. The zero-order chi connectivity index (χ0) is 16.4. The summed E-state index contributed by atoms with van der Waals surface area (Å²) in [6.07, 6.45) is 1.43. The summed E-state index contributed by atoms with van der Waals surface area (Å²) in [4.78, 5) is 2.99. The maximum absolute atomic E-state index is 12.8. The Kier molecular flexibility index (Phi) is 4.33. The standard InChI is InChI=1S/C12H11FN2O5S2/c1-20-12-11(3-2-8-14-12)15-22(18,19)10-6-4-9(5-7-10)21(13,16)17/h2-8,15H,1H3. The van der Waals surface area contributed by atoms with E-state index in [1.54, 1.807) is 0 Å². The van der Waals surface area contributed by atoms with Gasteiger partial charge in [-0.2, -0.15) is 8.42 Å². The Bertz CT molecular complexity index is 880. The molecule has 7 nitrogen and oxygen atoms in total. The monoisotopic (exact) mass is 346 g/mol. The predicted molar refractivity (Wildman–Crippen MR) is 76.3 cm³/mol. The fourth-order valence-electron chi connectivity index (χ4n) is 1.62. The van der Waals surface area contributed by atoms with Gasteiger partial charge in [-0.3, -0.25) is 4.72 Å². The number of ether oxygens (including phenoxy) is 1. The van der Waals surface area contributed by atoms with E-state index >= 15 is 0 Å². The van der Waals surface area contributed by atoms with Crippen molar-refractivity contribution in [1.29, 1.82) is 0 Å². The first kappa shape index (κ1) is 16.2. The molecule has 0 saturated carbocycles. The Morgan fingerprint density at radius 2 is 1.64 bits per heavy atom. The molecular formula is C12H11FN2O5S2. The molecule has 0 radical (unpaired) electrons. The third kappa shape index (κ3) is 3.52.